The fraction of sp³-hybridized carbons (Fsp3) is 0.643. The molecule has 116 valence electrons. The number of carbonyl (C=O) groups is 1. The second-order valence-corrected chi connectivity index (χ2v) is 5.26. The highest BCUT2D eigenvalue weighted by atomic mass is 19.1. The Morgan fingerprint density at radius 3 is 2.76 bits per heavy atom. The van der Waals surface area contributed by atoms with E-state index in [9.17, 15) is 9.18 Å². The van der Waals surface area contributed by atoms with Crippen molar-refractivity contribution in [1.29, 1.82) is 0 Å². The molecule has 7 heteroatoms. The van der Waals surface area contributed by atoms with Gasteiger partial charge in [-0.05, 0) is 31.6 Å². The Labute approximate surface area is 123 Å². The summed E-state index contributed by atoms with van der Waals surface area (Å²) in [6, 6.07) is 0. The Morgan fingerprint density at radius 2 is 2.14 bits per heavy atom. The highest BCUT2D eigenvalue weighted by Gasteiger charge is 2.25. The van der Waals surface area contributed by atoms with Crippen molar-refractivity contribution >= 4 is 11.9 Å². The Hall–Kier alpha value is -1.92. The Balaban J connectivity index is 1.81. The number of hydrogen-bond acceptors (Lipinski definition) is 5. The topological polar surface area (TPSA) is 76.1 Å². The summed E-state index contributed by atoms with van der Waals surface area (Å²) < 4.78 is 18.0. The van der Waals surface area contributed by atoms with Crippen molar-refractivity contribution in [2.24, 2.45) is 11.8 Å². The van der Waals surface area contributed by atoms with Gasteiger partial charge in [0.25, 0.3) is 5.88 Å². The summed E-state index contributed by atoms with van der Waals surface area (Å²) in [5.41, 5.74) is 0. The second kappa shape index (κ2) is 7.19. The summed E-state index contributed by atoms with van der Waals surface area (Å²) in [7, 11) is 3.05. The number of methoxy groups -OCH3 is 1. The molecule has 2 rings (SSSR count). The van der Waals surface area contributed by atoms with Crippen LogP contribution in [0.5, 0.6) is 5.88 Å². The van der Waals surface area contributed by atoms with E-state index in [2.05, 4.69) is 20.6 Å². The minimum atomic E-state index is -0.575. The molecule has 1 amide bonds. The van der Waals surface area contributed by atoms with Crippen LogP contribution >= 0.6 is 0 Å². The molecule has 0 unspecified atom stereocenters. The Morgan fingerprint density at radius 1 is 1.43 bits per heavy atom. The number of amides is 1. The SMILES string of the molecule is CNC(=O)C1CCC(CNc2ncc(F)c(OC)n2)CC1. The molecule has 0 saturated heterocycles. The lowest BCUT2D eigenvalue weighted by molar-refractivity contribution is -0.125. The van der Waals surface area contributed by atoms with Gasteiger partial charge in [0.05, 0.1) is 13.3 Å². The van der Waals surface area contributed by atoms with Crippen molar-refractivity contribution in [3.63, 3.8) is 0 Å². The number of ether oxygens (including phenoxy) is 1. The average molecular weight is 296 g/mol. The van der Waals surface area contributed by atoms with E-state index in [1.54, 1.807) is 7.05 Å². The smallest absolute Gasteiger partial charge is 0.255 e. The molecular formula is C14H21FN4O2. The minimum absolute atomic E-state index is 0.0594. The first kappa shape index (κ1) is 15.5. The highest BCUT2D eigenvalue weighted by molar-refractivity contribution is 5.78. The maximum atomic E-state index is 13.2. The zero-order valence-electron chi connectivity index (χ0n) is 12.4. The van der Waals surface area contributed by atoms with Crippen LogP contribution in [0.25, 0.3) is 0 Å². The van der Waals surface area contributed by atoms with E-state index in [1.165, 1.54) is 7.11 Å². The van der Waals surface area contributed by atoms with Gasteiger partial charge in [-0.1, -0.05) is 0 Å². The van der Waals surface area contributed by atoms with E-state index in [0.717, 1.165) is 38.4 Å². The largest absolute Gasteiger partial charge is 0.479 e. The third kappa shape index (κ3) is 4.03. The van der Waals surface area contributed by atoms with E-state index in [1.807, 2.05) is 0 Å². The van der Waals surface area contributed by atoms with E-state index in [-0.39, 0.29) is 17.7 Å². The van der Waals surface area contributed by atoms with Gasteiger partial charge >= 0.3 is 0 Å². The fourth-order valence-electron chi connectivity index (χ4n) is 2.65. The molecule has 0 spiro atoms. The van der Waals surface area contributed by atoms with Gasteiger partial charge in [0, 0.05) is 19.5 Å². The summed E-state index contributed by atoms with van der Waals surface area (Å²) in [6.45, 7) is 0.718. The number of carbonyl (C=O) groups excluding carboxylic acids is 1. The van der Waals surface area contributed by atoms with E-state index in [0.29, 0.717) is 11.9 Å². The number of nitrogens with zero attached hydrogens (tertiary/aromatic N) is 2. The molecule has 1 aromatic rings. The highest BCUT2D eigenvalue weighted by Crippen LogP contribution is 2.29. The number of nitrogens with one attached hydrogen (secondary N) is 2. The van der Waals surface area contributed by atoms with Crippen LogP contribution in [0.1, 0.15) is 25.7 Å². The van der Waals surface area contributed by atoms with Crippen LogP contribution in [0, 0.1) is 17.7 Å². The minimum Gasteiger partial charge on any atom is -0.479 e. The first-order valence-electron chi connectivity index (χ1n) is 7.16. The normalized spacial score (nSPS) is 21.7. The monoisotopic (exact) mass is 296 g/mol. The van der Waals surface area contributed by atoms with Crippen molar-refractivity contribution in [1.82, 2.24) is 15.3 Å². The van der Waals surface area contributed by atoms with Gasteiger partial charge in [-0.15, -0.1) is 0 Å². The zero-order chi connectivity index (χ0) is 15.2. The summed E-state index contributed by atoms with van der Waals surface area (Å²) in [5.74, 6) is 0.471. The summed E-state index contributed by atoms with van der Waals surface area (Å²) in [6.07, 6.45) is 4.88. The lowest BCUT2D eigenvalue weighted by atomic mass is 9.81. The van der Waals surface area contributed by atoms with Crippen LogP contribution in [0.15, 0.2) is 6.20 Å². The van der Waals surface area contributed by atoms with Gasteiger partial charge < -0.3 is 15.4 Å². The molecule has 1 aliphatic carbocycles. The molecule has 1 heterocycles. The average Bonchev–Trinajstić information content (AvgIpc) is 2.53. The molecule has 1 fully saturated rings. The van der Waals surface area contributed by atoms with Crippen molar-refractivity contribution in [3.05, 3.63) is 12.0 Å². The van der Waals surface area contributed by atoms with Crippen molar-refractivity contribution in [2.75, 3.05) is 26.0 Å². The molecule has 2 N–H and O–H groups in total. The Kier molecular flexibility index (Phi) is 5.30. The van der Waals surface area contributed by atoms with Crippen molar-refractivity contribution in [3.8, 4) is 5.88 Å². The van der Waals surface area contributed by atoms with Crippen LogP contribution in [-0.2, 0) is 4.79 Å². The third-order valence-corrected chi connectivity index (χ3v) is 3.92. The van der Waals surface area contributed by atoms with Crippen LogP contribution in [0.4, 0.5) is 10.3 Å². The molecule has 0 atom stereocenters. The first-order chi connectivity index (χ1) is 10.1. The molecule has 0 radical (unpaired) electrons. The first-order valence-corrected chi connectivity index (χ1v) is 7.16. The van der Waals surface area contributed by atoms with Crippen LogP contribution in [-0.4, -0.2) is 36.6 Å². The van der Waals surface area contributed by atoms with Gasteiger partial charge in [0.1, 0.15) is 0 Å². The Bertz CT molecular complexity index is 490. The molecule has 1 saturated carbocycles. The number of hydrogen-bond donors (Lipinski definition) is 2. The van der Waals surface area contributed by atoms with E-state index >= 15 is 0 Å². The van der Waals surface area contributed by atoms with Gasteiger partial charge in [-0.2, -0.15) is 9.37 Å². The predicted octanol–water partition coefficient (Wildman–Crippen LogP) is 1.59. The zero-order valence-corrected chi connectivity index (χ0v) is 12.4. The van der Waals surface area contributed by atoms with Gasteiger partial charge in [-0.25, -0.2) is 4.98 Å². The predicted molar refractivity (Wildman–Crippen MR) is 76.5 cm³/mol. The molecule has 0 aliphatic heterocycles. The molecular weight excluding hydrogens is 275 g/mol. The number of aromatic nitrogens is 2. The van der Waals surface area contributed by atoms with Crippen LogP contribution in [0.3, 0.4) is 0 Å². The number of anilines is 1. The van der Waals surface area contributed by atoms with Crippen molar-refractivity contribution in [2.45, 2.75) is 25.7 Å². The lowest BCUT2D eigenvalue weighted by Gasteiger charge is -2.27. The standard InChI is InChI=1S/C14H21FN4O2/c1-16-12(20)10-5-3-9(4-6-10)7-17-14-18-8-11(15)13(19-14)21-2/h8-10H,3-7H2,1-2H3,(H,16,20)(H,17,18,19). The maximum Gasteiger partial charge on any atom is 0.255 e. The van der Waals surface area contributed by atoms with Gasteiger partial charge in [0.2, 0.25) is 17.7 Å². The number of halogens is 1. The molecule has 6 nitrogen and oxygen atoms in total. The van der Waals surface area contributed by atoms with Crippen molar-refractivity contribution < 1.29 is 13.9 Å². The molecule has 21 heavy (non-hydrogen) atoms. The van der Waals surface area contributed by atoms with Gasteiger partial charge in [0.15, 0.2) is 0 Å². The van der Waals surface area contributed by atoms with Crippen LogP contribution < -0.4 is 15.4 Å². The quantitative estimate of drug-likeness (QED) is 0.863. The van der Waals surface area contributed by atoms with E-state index < -0.39 is 5.82 Å². The van der Waals surface area contributed by atoms with Crippen LogP contribution in [0.2, 0.25) is 0 Å². The van der Waals surface area contributed by atoms with E-state index in [4.69, 9.17) is 4.74 Å². The molecule has 1 aliphatic rings. The maximum absolute atomic E-state index is 13.2. The molecule has 1 aromatic heterocycles. The number of rotatable bonds is 5. The summed E-state index contributed by atoms with van der Waals surface area (Å²) in [4.78, 5) is 19.4. The fourth-order valence-corrected chi connectivity index (χ4v) is 2.65. The second-order valence-electron chi connectivity index (χ2n) is 5.26. The third-order valence-electron chi connectivity index (χ3n) is 3.92. The van der Waals surface area contributed by atoms with Gasteiger partial charge in [-0.3, -0.25) is 4.79 Å². The molecule has 0 bridgehead atoms. The lowest BCUT2D eigenvalue weighted by Crippen LogP contribution is -2.32. The summed E-state index contributed by atoms with van der Waals surface area (Å²) >= 11 is 0. The molecule has 0 aromatic carbocycles. The summed E-state index contributed by atoms with van der Waals surface area (Å²) in [5, 5.41) is 5.81.